The molecule has 0 saturated carbocycles. The van der Waals surface area contributed by atoms with Gasteiger partial charge in [0.05, 0.1) is 6.20 Å². The number of rotatable bonds is 3. The van der Waals surface area contributed by atoms with Crippen LogP contribution >= 0.6 is 0 Å². The fourth-order valence-electron chi connectivity index (χ4n) is 2.44. The van der Waals surface area contributed by atoms with E-state index >= 15 is 0 Å². The maximum absolute atomic E-state index is 12.3. The van der Waals surface area contributed by atoms with Gasteiger partial charge in [-0.3, -0.25) is 4.79 Å². The summed E-state index contributed by atoms with van der Waals surface area (Å²) in [6, 6.07) is 10.6. The van der Waals surface area contributed by atoms with Gasteiger partial charge in [0.1, 0.15) is 5.69 Å². The van der Waals surface area contributed by atoms with Crippen LogP contribution < -0.4 is 0 Å². The van der Waals surface area contributed by atoms with Crippen molar-refractivity contribution >= 4 is 5.91 Å². The molecule has 1 aliphatic heterocycles. The van der Waals surface area contributed by atoms with Crippen molar-refractivity contribution in [2.24, 2.45) is 7.05 Å². The molecule has 1 amide bonds. The zero-order chi connectivity index (χ0) is 13.2. The quantitative estimate of drug-likeness (QED) is 0.831. The Labute approximate surface area is 111 Å². The van der Waals surface area contributed by atoms with Gasteiger partial charge in [-0.1, -0.05) is 35.5 Å². The van der Waals surface area contributed by atoms with Crippen LogP contribution in [-0.2, 0) is 13.5 Å². The van der Waals surface area contributed by atoms with Crippen molar-refractivity contribution in [3.63, 3.8) is 0 Å². The molecule has 1 atom stereocenters. The number of aryl methyl sites for hydroxylation is 1. The minimum atomic E-state index is 0.0275. The molecule has 0 spiro atoms. The van der Waals surface area contributed by atoms with Crippen LogP contribution in [0.4, 0.5) is 0 Å². The predicted molar refractivity (Wildman–Crippen MR) is 70.6 cm³/mol. The molecule has 5 heteroatoms. The van der Waals surface area contributed by atoms with E-state index in [1.165, 1.54) is 16.4 Å². The molecule has 1 fully saturated rings. The smallest absolute Gasteiger partial charge is 0.274 e. The summed E-state index contributed by atoms with van der Waals surface area (Å²) in [5.74, 6) is 0.0275. The van der Waals surface area contributed by atoms with Gasteiger partial charge in [0.2, 0.25) is 0 Å². The van der Waals surface area contributed by atoms with Crippen molar-refractivity contribution < 1.29 is 4.79 Å². The molecule has 1 saturated heterocycles. The molecule has 2 aromatic rings. The molecular formula is C14H16N4O. The highest BCUT2D eigenvalue weighted by Gasteiger charge is 2.33. The predicted octanol–water partition coefficient (Wildman–Crippen LogP) is 1.27. The first kappa shape index (κ1) is 11.9. The third-order valence-corrected chi connectivity index (χ3v) is 3.65. The summed E-state index contributed by atoms with van der Waals surface area (Å²) in [4.78, 5) is 14.2. The average Bonchev–Trinajstić information content (AvgIpc) is 2.82. The van der Waals surface area contributed by atoms with E-state index in [1.807, 2.05) is 23.1 Å². The highest BCUT2D eigenvalue weighted by molar-refractivity contribution is 5.93. The number of carbonyl (C=O) groups is 1. The minimum absolute atomic E-state index is 0.0275. The standard InChI is InChI=1S/C14H16N4O/c1-17-13(10-15-16-17)14(19)18-8-7-12(18)9-11-5-3-2-4-6-11/h2-6,10,12H,7-9H2,1H3/t12-/m1/s1. The van der Waals surface area contributed by atoms with Gasteiger partial charge in [-0.25, -0.2) is 4.68 Å². The fourth-order valence-corrected chi connectivity index (χ4v) is 2.44. The van der Waals surface area contributed by atoms with Gasteiger partial charge in [0.25, 0.3) is 5.91 Å². The highest BCUT2D eigenvalue weighted by atomic mass is 16.2. The van der Waals surface area contributed by atoms with Crippen molar-refractivity contribution in [2.45, 2.75) is 18.9 Å². The molecule has 0 unspecified atom stereocenters. The lowest BCUT2D eigenvalue weighted by molar-refractivity contribution is 0.0453. The summed E-state index contributed by atoms with van der Waals surface area (Å²) in [7, 11) is 1.74. The van der Waals surface area contributed by atoms with Crippen LogP contribution in [0.2, 0.25) is 0 Å². The van der Waals surface area contributed by atoms with Crippen molar-refractivity contribution in [1.29, 1.82) is 0 Å². The molecule has 2 heterocycles. The van der Waals surface area contributed by atoms with Crippen molar-refractivity contribution in [3.05, 3.63) is 47.8 Å². The second kappa shape index (κ2) is 4.84. The lowest BCUT2D eigenvalue weighted by Gasteiger charge is -2.41. The fraction of sp³-hybridized carbons (Fsp3) is 0.357. The van der Waals surface area contributed by atoms with E-state index in [-0.39, 0.29) is 5.91 Å². The maximum atomic E-state index is 12.3. The number of aromatic nitrogens is 3. The van der Waals surface area contributed by atoms with Gasteiger partial charge in [0, 0.05) is 19.6 Å². The topological polar surface area (TPSA) is 51.0 Å². The van der Waals surface area contributed by atoms with E-state index in [2.05, 4.69) is 22.4 Å². The zero-order valence-corrected chi connectivity index (χ0v) is 10.9. The molecule has 19 heavy (non-hydrogen) atoms. The number of hydrogen-bond donors (Lipinski definition) is 0. The Morgan fingerprint density at radius 1 is 1.37 bits per heavy atom. The number of nitrogens with zero attached hydrogens (tertiary/aromatic N) is 4. The Balaban J connectivity index is 1.70. The lowest BCUT2D eigenvalue weighted by atomic mass is 9.95. The second-order valence-corrected chi connectivity index (χ2v) is 4.87. The Bertz CT molecular complexity index is 578. The summed E-state index contributed by atoms with van der Waals surface area (Å²) in [6.45, 7) is 0.821. The number of amides is 1. The van der Waals surface area contributed by atoms with Crippen LogP contribution in [0.5, 0.6) is 0 Å². The molecule has 0 N–H and O–H groups in total. The van der Waals surface area contributed by atoms with Crippen LogP contribution in [0.1, 0.15) is 22.5 Å². The van der Waals surface area contributed by atoms with Gasteiger partial charge < -0.3 is 4.90 Å². The van der Waals surface area contributed by atoms with Crippen LogP contribution in [0.3, 0.4) is 0 Å². The monoisotopic (exact) mass is 256 g/mol. The summed E-state index contributed by atoms with van der Waals surface area (Å²) < 4.78 is 1.53. The molecule has 3 rings (SSSR count). The van der Waals surface area contributed by atoms with Crippen LogP contribution in [-0.4, -0.2) is 38.4 Å². The molecule has 0 radical (unpaired) electrons. The molecule has 1 aromatic carbocycles. The third kappa shape index (κ3) is 2.23. The highest BCUT2D eigenvalue weighted by Crippen LogP contribution is 2.23. The first-order valence-electron chi connectivity index (χ1n) is 6.45. The summed E-state index contributed by atoms with van der Waals surface area (Å²) in [5, 5.41) is 7.56. The van der Waals surface area contributed by atoms with E-state index in [9.17, 15) is 4.79 Å². The maximum Gasteiger partial charge on any atom is 0.274 e. The van der Waals surface area contributed by atoms with Crippen molar-refractivity contribution in [3.8, 4) is 0 Å². The average molecular weight is 256 g/mol. The number of likely N-dealkylation sites (tertiary alicyclic amines) is 1. The van der Waals surface area contributed by atoms with E-state index in [0.717, 1.165) is 19.4 Å². The summed E-state index contributed by atoms with van der Waals surface area (Å²) in [5.41, 5.74) is 1.82. The second-order valence-electron chi connectivity index (χ2n) is 4.87. The van der Waals surface area contributed by atoms with E-state index in [4.69, 9.17) is 0 Å². The van der Waals surface area contributed by atoms with Crippen molar-refractivity contribution in [1.82, 2.24) is 19.9 Å². The molecular weight excluding hydrogens is 240 g/mol. The third-order valence-electron chi connectivity index (χ3n) is 3.65. The Morgan fingerprint density at radius 3 is 2.74 bits per heavy atom. The zero-order valence-electron chi connectivity index (χ0n) is 10.9. The van der Waals surface area contributed by atoms with Gasteiger partial charge in [-0.15, -0.1) is 5.10 Å². The van der Waals surface area contributed by atoms with Gasteiger partial charge in [-0.2, -0.15) is 0 Å². The van der Waals surface area contributed by atoms with Crippen LogP contribution in [0.25, 0.3) is 0 Å². The number of hydrogen-bond acceptors (Lipinski definition) is 3. The largest absolute Gasteiger partial charge is 0.334 e. The molecule has 1 aromatic heterocycles. The van der Waals surface area contributed by atoms with E-state index in [1.54, 1.807) is 7.05 Å². The van der Waals surface area contributed by atoms with E-state index in [0.29, 0.717) is 11.7 Å². The molecule has 5 nitrogen and oxygen atoms in total. The van der Waals surface area contributed by atoms with Gasteiger partial charge >= 0.3 is 0 Å². The summed E-state index contributed by atoms with van der Waals surface area (Å²) >= 11 is 0. The van der Waals surface area contributed by atoms with E-state index < -0.39 is 0 Å². The minimum Gasteiger partial charge on any atom is -0.334 e. The van der Waals surface area contributed by atoms with Crippen LogP contribution in [0, 0.1) is 0 Å². The molecule has 0 aliphatic carbocycles. The Kier molecular flexibility index (Phi) is 3.03. The normalized spacial score (nSPS) is 18.2. The Morgan fingerprint density at radius 2 is 2.16 bits per heavy atom. The van der Waals surface area contributed by atoms with Gasteiger partial charge in [0.15, 0.2) is 0 Å². The summed E-state index contributed by atoms with van der Waals surface area (Å²) in [6.07, 6.45) is 3.50. The Hall–Kier alpha value is -2.17. The molecule has 0 bridgehead atoms. The van der Waals surface area contributed by atoms with Crippen LogP contribution in [0.15, 0.2) is 36.5 Å². The number of benzene rings is 1. The SMILES string of the molecule is Cn1nncc1C(=O)N1CC[C@@H]1Cc1ccccc1. The first-order chi connectivity index (χ1) is 9.25. The lowest BCUT2D eigenvalue weighted by Crippen LogP contribution is -2.52. The van der Waals surface area contributed by atoms with Gasteiger partial charge in [-0.05, 0) is 18.4 Å². The number of carbonyl (C=O) groups excluding carboxylic acids is 1. The first-order valence-corrected chi connectivity index (χ1v) is 6.45. The molecule has 1 aliphatic rings. The van der Waals surface area contributed by atoms with Crippen molar-refractivity contribution in [2.75, 3.05) is 6.54 Å². The molecule has 98 valence electrons.